The van der Waals surface area contributed by atoms with Crippen molar-refractivity contribution in [3.63, 3.8) is 0 Å². The first-order chi connectivity index (χ1) is 20.0. The number of carbonyl (C=O) groups is 1. The van der Waals surface area contributed by atoms with Gasteiger partial charge in [-0.25, -0.2) is 9.78 Å². The average Bonchev–Trinajstić information content (AvgIpc) is 3.43. The molecule has 1 aliphatic rings. The molecule has 0 bridgehead atoms. The van der Waals surface area contributed by atoms with Crippen molar-refractivity contribution in [1.29, 1.82) is 0 Å². The Labute approximate surface area is 245 Å². The van der Waals surface area contributed by atoms with Crippen molar-refractivity contribution in [1.82, 2.24) is 20.2 Å². The Balaban J connectivity index is 1.36. The molecule has 2 heterocycles. The van der Waals surface area contributed by atoms with Gasteiger partial charge in [0.05, 0.1) is 18.8 Å². The zero-order chi connectivity index (χ0) is 28.6. The third-order valence-electron chi connectivity index (χ3n) is 7.00. The van der Waals surface area contributed by atoms with Crippen molar-refractivity contribution in [2.75, 3.05) is 12.3 Å². The number of nitrogens with one attached hydrogen (secondary N) is 2. The lowest BCUT2D eigenvalue weighted by molar-refractivity contribution is -0.245. The molecule has 0 unspecified atom stereocenters. The number of hydrogen-bond donors (Lipinski definition) is 3. The second-order valence-electron chi connectivity index (χ2n) is 10.0. The Morgan fingerprint density at radius 2 is 1.78 bits per heavy atom. The maximum atomic E-state index is 11.8. The Morgan fingerprint density at radius 3 is 2.51 bits per heavy atom. The van der Waals surface area contributed by atoms with Crippen LogP contribution in [0.3, 0.4) is 0 Å². The molecule has 2 amide bonds. The number of imidazole rings is 1. The summed E-state index contributed by atoms with van der Waals surface area (Å²) in [4.78, 5) is 16.3. The van der Waals surface area contributed by atoms with Crippen LogP contribution in [0, 0.1) is 0 Å². The molecule has 3 aromatic carbocycles. The highest BCUT2D eigenvalue weighted by Gasteiger charge is 2.32. The van der Waals surface area contributed by atoms with Crippen LogP contribution >= 0.6 is 11.8 Å². The number of carbonyl (C=O) groups excluding carboxylic acids is 1. The highest BCUT2D eigenvalue weighted by Crippen LogP contribution is 2.40. The van der Waals surface area contributed by atoms with Crippen LogP contribution in [-0.4, -0.2) is 39.1 Å². The highest BCUT2D eigenvalue weighted by atomic mass is 32.2. The topological polar surface area (TPSA) is 97.6 Å². The van der Waals surface area contributed by atoms with Crippen molar-refractivity contribution < 1.29 is 19.4 Å². The van der Waals surface area contributed by atoms with Crippen LogP contribution < -0.4 is 10.6 Å². The number of amides is 2. The van der Waals surface area contributed by atoms with Gasteiger partial charge < -0.3 is 29.8 Å². The normalized spacial score (nSPS) is 18.7. The van der Waals surface area contributed by atoms with E-state index < -0.39 is 6.29 Å². The molecule has 0 radical (unpaired) electrons. The zero-order valence-corrected chi connectivity index (χ0v) is 24.1. The maximum Gasteiger partial charge on any atom is 0.315 e. The first kappa shape index (κ1) is 28.9. The minimum Gasteiger partial charge on any atom is -0.392 e. The van der Waals surface area contributed by atoms with Gasteiger partial charge >= 0.3 is 6.03 Å². The van der Waals surface area contributed by atoms with E-state index >= 15 is 0 Å². The monoisotopic (exact) mass is 572 g/mol. The molecule has 0 aliphatic carbocycles. The summed E-state index contributed by atoms with van der Waals surface area (Å²) in [6.07, 6.45) is 3.72. The van der Waals surface area contributed by atoms with Gasteiger partial charge in [0.15, 0.2) is 11.4 Å². The molecule has 3 atom stereocenters. The fourth-order valence-electron chi connectivity index (χ4n) is 4.81. The molecule has 214 valence electrons. The van der Waals surface area contributed by atoms with Gasteiger partial charge in [-0.15, -0.1) is 0 Å². The average molecular weight is 573 g/mol. The predicted octanol–water partition coefficient (Wildman–Crippen LogP) is 5.74. The maximum absolute atomic E-state index is 11.8. The van der Waals surface area contributed by atoms with Crippen molar-refractivity contribution in [2.45, 2.75) is 50.2 Å². The van der Waals surface area contributed by atoms with Crippen LogP contribution in [-0.2, 0) is 29.7 Å². The molecule has 1 aromatic heterocycles. The number of aryl methyl sites for hydroxylation is 1. The SMILES string of the molecule is CCNC(=O)NCc1cccc(-c2cccc([C@@H]3O[C@H](CSc4nccn4C)C[C@H](c4ccc(CO)cc4)O3)c2)c1. The summed E-state index contributed by atoms with van der Waals surface area (Å²) in [5, 5.41) is 16.1. The summed E-state index contributed by atoms with van der Waals surface area (Å²) in [6, 6.07) is 24.2. The van der Waals surface area contributed by atoms with Gasteiger partial charge in [0.2, 0.25) is 0 Å². The van der Waals surface area contributed by atoms with E-state index in [0.29, 0.717) is 19.5 Å². The van der Waals surface area contributed by atoms with Gasteiger partial charge in [-0.1, -0.05) is 72.4 Å². The summed E-state index contributed by atoms with van der Waals surface area (Å²) in [7, 11) is 1.99. The summed E-state index contributed by atoms with van der Waals surface area (Å²) < 4.78 is 15.1. The Kier molecular flexibility index (Phi) is 9.74. The fourth-order valence-corrected chi connectivity index (χ4v) is 5.76. The smallest absolute Gasteiger partial charge is 0.315 e. The molecule has 1 aliphatic heterocycles. The number of thioether (sulfide) groups is 1. The van der Waals surface area contributed by atoms with Crippen LogP contribution in [0.4, 0.5) is 4.79 Å². The van der Waals surface area contributed by atoms with E-state index in [0.717, 1.165) is 44.3 Å². The van der Waals surface area contributed by atoms with E-state index in [4.69, 9.17) is 9.47 Å². The molecule has 0 saturated carbocycles. The number of urea groups is 1. The number of ether oxygens (including phenoxy) is 2. The number of hydrogen-bond acceptors (Lipinski definition) is 6. The summed E-state index contributed by atoms with van der Waals surface area (Å²) in [6.45, 7) is 2.93. The van der Waals surface area contributed by atoms with Gasteiger partial charge in [0.25, 0.3) is 0 Å². The first-order valence-electron chi connectivity index (χ1n) is 13.8. The number of aromatic nitrogens is 2. The second-order valence-corrected chi connectivity index (χ2v) is 11.0. The molecular formula is C32H36N4O4S. The molecule has 9 heteroatoms. The van der Waals surface area contributed by atoms with E-state index in [-0.39, 0.29) is 24.8 Å². The molecule has 5 rings (SSSR count). The van der Waals surface area contributed by atoms with Crippen molar-refractivity contribution >= 4 is 17.8 Å². The van der Waals surface area contributed by atoms with Crippen molar-refractivity contribution in [2.24, 2.45) is 7.05 Å². The number of benzene rings is 3. The van der Waals surface area contributed by atoms with E-state index in [2.05, 4.69) is 39.9 Å². The van der Waals surface area contributed by atoms with Gasteiger partial charge in [-0.2, -0.15) is 0 Å². The lowest BCUT2D eigenvalue weighted by atomic mass is 9.99. The van der Waals surface area contributed by atoms with Crippen LogP contribution in [0.2, 0.25) is 0 Å². The Morgan fingerprint density at radius 1 is 1.00 bits per heavy atom. The van der Waals surface area contributed by atoms with E-state index in [1.54, 1.807) is 18.0 Å². The third-order valence-corrected chi connectivity index (χ3v) is 8.19. The van der Waals surface area contributed by atoms with Crippen molar-refractivity contribution in [3.05, 3.63) is 107 Å². The van der Waals surface area contributed by atoms with E-state index in [1.165, 1.54) is 0 Å². The molecular weight excluding hydrogens is 536 g/mol. The number of rotatable bonds is 10. The quantitative estimate of drug-likeness (QED) is 0.210. The van der Waals surface area contributed by atoms with Gasteiger partial charge in [-0.3, -0.25) is 0 Å². The summed E-state index contributed by atoms with van der Waals surface area (Å²) in [5.41, 5.74) is 5.99. The molecule has 41 heavy (non-hydrogen) atoms. The standard InChI is InChI=1S/C32H36N4O4S/c1-3-33-31(38)35-19-23-6-4-7-25(16-23)26-8-5-9-27(17-26)30-39-28(21-41-32-34-14-15-36(32)2)18-29(40-30)24-12-10-22(20-37)11-13-24/h4-17,28-30,37H,3,18-21H2,1-2H3,(H2,33,35,38)/t28-,29+,30+/m0/s1. The number of aliphatic hydroxyl groups is 1. The number of aliphatic hydroxyl groups excluding tert-OH is 1. The molecule has 3 N–H and O–H groups in total. The molecule has 1 fully saturated rings. The van der Waals surface area contributed by atoms with Gasteiger partial charge in [0, 0.05) is 50.3 Å². The van der Waals surface area contributed by atoms with Crippen molar-refractivity contribution in [3.8, 4) is 11.1 Å². The highest BCUT2D eigenvalue weighted by molar-refractivity contribution is 7.99. The Hall–Kier alpha value is -3.63. The van der Waals surface area contributed by atoms with Crippen LogP contribution in [0.25, 0.3) is 11.1 Å². The van der Waals surface area contributed by atoms with Gasteiger partial charge in [-0.05, 0) is 46.9 Å². The van der Waals surface area contributed by atoms with Crippen LogP contribution in [0.1, 0.15) is 48.0 Å². The van der Waals surface area contributed by atoms with Crippen LogP contribution in [0.15, 0.2) is 90.3 Å². The zero-order valence-electron chi connectivity index (χ0n) is 23.3. The largest absolute Gasteiger partial charge is 0.392 e. The van der Waals surface area contributed by atoms with E-state index in [1.807, 2.05) is 73.3 Å². The molecule has 1 saturated heterocycles. The minimum absolute atomic E-state index is 0.0104. The molecule has 8 nitrogen and oxygen atoms in total. The Bertz CT molecular complexity index is 1440. The lowest BCUT2D eigenvalue weighted by Gasteiger charge is -2.36. The van der Waals surface area contributed by atoms with E-state index in [9.17, 15) is 9.90 Å². The fraction of sp³-hybridized carbons (Fsp3) is 0.312. The molecule has 0 spiro atoms. The second kappa shape index (κ2) is 13.8. The van der Waals surface area contributed by atoms with Crippen LogP contribution in [0.5, 0.6) is 0 Å². The minimum atomic E-state index is -0.541. The third kappa shape index (κ3) is 7.56. The summed E-state index contributed by atoms with van der Waals surface area (Å²) >= 11 is 1.68. The molecule has 4 aromatic rings. The summed E-state index contributed by atoms with van der Waals surface area (Å²) in [5.74, 6) is 0.746. The lowest BCUT2D eigenvalue weighted by Crippen LogP contribution is -2.34. The number of nitrogens with zero attached hydrogens (tertiary/aromatic N) is 2. The van der Waals surface area contributed by atoms with Gasteiger partial charge in [0.1, 0.15) is 0 Å². The first-order valence-corrected chi connectivity index (χ1v) is 14.8. The predicted molar refractivity (Wildman–Crippen MR) is 160 cm³/mol.